The van der Waals surface area contributed by atoms with Crippen LogP contribution in [0.1, 0.15) is 226 Å². The van der Waals surface area contributed by atoms with Crippen LogP contribution >= 0.6 is 0 Å². The minimum absolute atomic E-state index is 0.0752. The van der Waals surface area contributed by atoms with E-state index < -0.39 is 12.1 Å². The minimum atomic E-state index is -0.839. The SMILES string of the molecule is CCC/C=C\CCCCCCCC(=O)NC(CO)C(O)/C=C/CCCCCCCCCCCCCCCCCCCCCCCCC. The Kier molecular flexibility index (Phi) is 38.4. The summed E-state index contributed by atoms with van der Waals surface area (Å²) in [5.74, 6) is -0.0752. The highest BCUT2D eigenvalue weighted by Crippen LogP contribution is 2.16. The van der Waals surface area contributed by atoms with Gasteiger partial charge in [0.05, 0.1) is 18.8 Å². The lowest BCUT2D eigenvalue weighted by Gasteiger charge is -2.20. The molecular weight excluding hydrogens is 578 g/mol. The molecule has 0 heterocycles. The first-order valence-electron chi connectivity index (χ1n) is 21.1. The summed E-state index contributed by atoms with van der Waals surface area (Å²) in [7, 11) is 0. The van der Waals surface area contributed by atoms with Crippen molar-refractivity contribution in [2.75, 3.05) is 6.61 Å². The zero-order valence-corrected chi connectivity index (χ0v) is 31.8. The molecule has 3 N–H and O–H groups in total. The van der Waals surface area contributed by atoms with Crippen molar-refractivity contribution in [3.05, 3.63) is 24.3 Å². The van der Waals surface area contributed by atoms with E-state index in [1.807, 2.05) is 6.08 Å². The molecule has 0 saturated carbocycles. The standard InChI is InChI=1S/C43H83NO3/c1-3-5-7-9-11-13-15-16-17-18-19-20-21-22-23-24-25-26-27-28-29-30-32-34-36-38-42(46)41(40-45)44-43(47)39-37-35-33-31-14-12-10-8-6-4-2/h8,10,36,38,41-42,45-46H,3-7,9,11-35,37,39-40H2,1-2H3,(H,44,47)/b10-8-,38-36+. The van der Waals surface area contributed by atoms with Gasteiger partial charge in [-0.25, -0.2) is 0 Å². The number of aliphatic hydroxyl groups excluding tert-OH is 2. The number of rotatable bonds is 38. The summed E-state index contributed by atoms with van der Waals surface area (Å²) >= 11 is 0. The third kappa shape index (κ3) is 36.0. The first-order chi connectivity index (χ1) is 23.2. The van der Waals surface area contributed by atoms with E-state index >= 15 is 0 Å². The number of carbonyl (C=O) groups excluding carboxylic acids is 1. The minimum Gasteiger partial charge on any atom is -0.394 e. The fourth-order valence-electron chi connectivity index (χ4n) is 6.42. The molecule has 1 amide bonds. The maximum Gasteiger partial charge on any atom is 0.220 e. The Balaban J connectivity index is 3.49. The van der Waals surface area contributed by atoms with Crippen LogP contribution < -0.4 is 5.32 Å². The predicted octanol–water partition coefficient (Wildman–Crippen LogP) is 12.8. The molecule has 2 atom stereocenters. The number of amides is 1. The number of nitrogens with one attached hydrogen (secondary N) is 1. The summed E-state index contributed by atoms with van der Waals surface area (Å²) in [4.78, 5) is 12.3. The molecule has 278 valence electrons. The summed E-state index contributed by atoms with van der Waals surface area (Å²) in [6.07, 6.45) is 50.1. The smallest absolute Gasteiger partial charge is 0.220 e. The second-order valence-electron chi connectivity index (χ2n) is 14.4. The second-order valence-corrected chi connectivity index (χ2v) is 14.4. The average Bonchev–Trinajstić information content (AvgIpc) is 3.07. The van der Waals surface area contributed by atoms with Crippen LogP contribution in [0, 0.1) is 0 Å². The zero-order valence-electron chi connectivity index (χ0n) is 31.8. The van der Waals surface area contributed by atoms with Crippen molar-refractivity contribution in [3.63, 3.8) is 0 Å². The molecule has 0 aromatic carbocycles. The third-order valence-electron chi connectivity index (χ3n) is 9.66. The lowest BCUT2D eigenvalue weighted by Crippen LogP contribution is -2.45. The number of unbranched alkanes of at least 4 members (excludes halogenated alkanes) is 29. The third-order valence-corrected chi connectivity index (χ3v) is 9.66. The van der Waals surface area contributed by atoms with Gasteiger partial charge in [0.2, 0.25) is 5.91 Å². The predicted molar refractivity (Wildman–Crippen MR) is 207 cm³/mol. The second kappa shape index (κ2) is 39.3. The fraction of sp³-hybridized carbons (Fsp3) is 0.884. The monoisotopic (exact) mass is 662 g/mol. The van der Waals surface area contributed by atoms with Gasteiger partial charge in [-0.3, -0.25) is 4.79 Å². The normalized spacial score (nSPS) is 13.2. The van der Waals surface area contributed by atoms with Gasteiger partial charge in [-0.1, -0.05) is 205 Å². The van der Waals surface area contributed by atoms with E-state index in [1.54, 1.807) is 6.08 Å². The molecule has 47 heavy (non-hydrogen) atoms. The summed E-state index contributed by atoms with van der Waals surface area (Å²) < 4.78 is 0. The van der Waals surface area contributed by atoms with Crippen molar-refractivity contribution in [1.29, 1.82) is 0 Å². The molecule has 0 fully saturated rings. The van der Waals surface area contributed by atoms with Crippen LogP contribution in [-0.2, 0) is 4.79 Å². The Morgan fingerprint density at radius 3 is 1.26 bits per heavy atom. The molecule has 0 saturated heterocycles. The maximum absolute atomic E-state index is 12.3. The van der Waals surface area contributed by atoms with Gasteiger partial charge >= 0.3 is 0 Å². The molecule has 0 radical (unpaired) electrons. The van der Waals surface area contributed by atoms with E-state index in [4.69, 9.17) is 0 Å². The molecule has 0 rings (SSSR count). The van der Waals surface area contributed by atoms with Gasteiger partial charge in [-0.15, -0.1) is 0 Å². The lowest BCUT2D eigenvalue weighted by atomic mass is 10.0. The Morgan fingerprint density at radius 2 is 0.851 bits per heavy atom. The van der Waals surface area contributed by atoms with Crippen LogP contribution in [0.25, 0.3) is 0 Å². The van der Waals surface area contributed by atoms with Gasteiger partial charge in [0.25, 0.3) is 0 Å². The number of aliphatic hydroxyl groups is 2. The largest absolute Gasteiger partial charge is 0.394 e. The lowest BCUT2D eigenvalue weighted by molar-refractivity contribution is -0.123. The zero-order chi connectivity index (χ0) is 34.3. The summed E-state index contributed by atoms with van der Waals surface area (Å²) in [6.45, 7) is 4.25. The van der Waals surface area contributed by atoms with Gasteiger partial charge in [-0.05, 0) is 38.5 Å². The highest BCUT2D eigenvalue weighted by Gasteiger charge is 2.17. The molecule has 0 aliphatic carbocycles. The molecule has 4 nitrogen and oxygen atoms in total. The van der Waals surface area contributed by atoms with Gasteiger partial charge in [0.1, 0.15) is 0 Å². The van der Waals surface area contributed by atoms with Crippen LogP contribution in [0.3, 0.4) is 0 Å². The quantitative estimate of drug-likeness (QED) is 0.0455. The Morgan fingerprint density at radius 1 is 0.489 bits per heavy atom. The van der Waals surface area contributed by atoms with E-state index in [0.717, 1.165) is 38.5 Å². The molecular formula is C43H83NO3. The highest BCUT2D eigenvalue weighted by molar-refractivity contribution is 5.76. The van der Waals surface area contributed by atoms with Crippen LogP contribution in [0.4, 0.5) is 0 Å². The van der Waals surface area contributed by atoms with Crippen molar-refractivity contribution in [2.24, 2.45) is 0 Å². The molecule has 0 aromatic heterocycles. The molecule has 0 aliphatic rings. The van der Waals surface area contributed by atoms with Crippen molar-refractivity contribution >= 4 is 5.91 Å². The van der Waals surface area contributed by atoms with Crippen LogP contribution in [0.15, 0.2) is 24.3 Å². The molecule has 2 unspecified atom stereocenters. The highest BCUT2D eigenvalue weighted by atomic mass is 16.3. The molecule has 0 bridgehead atoms. The van der Waals surface area contributed by atoms with Crippen molar-refractivity contribution in [2.45, 2.75) is 238 Å². The number of hydrogen-bond acceptors (Lipinski definition) is 3. The topological polar surface area (TPSA) is 69.6 Å². The van der Waals surface area contributed by atoms with Crippen LogP contribution in [0.2, 0.25) is 0 Å². The number of carbonyl (C=O) groups is 1. The van der Waals surface area contributed by atoms with Gasteiger partial charge in [0.15, 0.2) is 0 Å². The van der Waals surface area contributed by atoms with Gasteiger partial charge in [-0.2, -0.15) is 0 Å². The maximum atomic E-state index is 12.3. The van der Waals surface area contributed by atoms with Gasteiger partial charge < -0.3 is 15.5 Å². The fourth-order valence-corrected chi connectivity index (χ4v) is 6.42. The first kappa shape index (κ1) is 45.9. The average molecular weight is 662 g/mol. The Bertz CT molecular complexity index is 676. The molecule has 0 spiro atoms. The number of hydrogen-bond donors (Lipinski definition) is 3. The van der Waals surface area contributed by atoms with Crippen molar-refractivity contribution < 1.29 is 15.0 Å². The van der Waals surface area contributed by atoms with Crippen molar-refractivity contribution in [1.82, 2.24) is 5.32 Å². The summed E-state index contributed by atoms with van der Waals surface area (Å²) in [6, 6.07) is -0.622. The Hall–Kier alpha value is -1.13. The van der Waals surface area contributed by atoms with E-state index in [0.29, 0.717) is 6.42 Å². The van der Waals surface area contributed by atoms with E-state index in [1.165, 1.54) is 167 Å². The van der Waals surface area contributed by atoms with Crippen molar-refractivity contribution in [3.8, 4) is 0 Å². The molecule has 0 aromatic rings. The Labute approximate surface area is 294 Å². The molecule has 0 aliphatic heterocycles. The van der Waals surface area contributed by atoms with E-state index in [9.17, 15) is 15.0 Å². The van der Waals surface area contributed by atoms with Crippen LogP contribution in [-0.4, -0.2) is 34.9 Å². The number of allylic oxidation sites excluding steroid dienone is 3. The van der Waals surface area contributed by atoms with Crippen LogP contribution in [0.5, 0.6) is 0 Å². The summed E-state index contributed by atoms with van der Waals surface area (Å²) in [5.41, 5.74) is 0. The van der Waals surface area contributed by atoms with E-state index in [-0.39, 0.29) is 12.5 Å². The van der Waals surface area contributed by atoms with E-state index in [2.05, 4.69) is 31.3 Å². The van der Waals surface area contributed by atoms with Gasteiger partial charge in [0, 0.05) is 6.42 Å². The molecule has 4 heteroatoms. The summed E-state index contributed by atoms with van der Waals surface area (Å²) in [5, 5.41) is 22.9. The first-order valence-corrected chi connectivity index (χ1v) is 21.1.